The summed E-state index contributed by atoms with van der Waals surface area (Å²) in [6, 6.07) is 19.3. The molecule has 0 aliphatic heterocycles. The Balaban J connectivity index is 1.47. The lowest BCUT2D eigenvalue weighted by Gasteiger charge is -2.36. The molecule has 8 heteroatoms. The number of hydrogen-bond donors (Lipinski definition) is 0. The molecule has 6 nitrogen and oxygen atoms in total. The van der Waals surface area contributed by atoms with Crippen LogP contribution in [0.4, 0.5) is 4.79 Å². The van der Waals surface area contributed by atoms with Gasteiger partial charge in [0, 0.05) is 17.7 Å². The normalized spacial score (nSPS) is 21.4. The van der Waals surface area contributed by atoms with Gasteiger partial charge in [0.05, 0.1) is 0 Å². The first kappa shape index (κ1) is 35.5. The quantitative estimate of drug-likeness (QED) is 0.0689. The number of fused-ring (bicyclic) bond motifs is 2. The van der Waals surface area contributed by atoms with Crippen molar-refractivity contribution in [1.82, 2.24) is 0 Å². The van der Waals surface area contributed by atoms with E-state index in [-0.39, 0.29) is 31.4 Å². The monoisotopic (exact) mass is 656 g/mol. The van der Waals surface area contributed by atoms with Crippen molar-refractivity contribution in [2.24, 2.45) is 17.8 Å². The first-order valence-electron chi connectivity index (χ1n) is 17.3. The van der Waals surface area contributed by atoms with Gasteiger partial charge in [-0.15, -0.1) is 0 Å². The summed E-state index contributed by atoms with van der Waals surface area (Å²) in [6.07, 6.45) is 8.90. The highest BCUT2D eigenvalue weighted by Gasteiger charge is 2.48. The molecule has 0 saturated heterocycles. The summed E-state index contributed by atoms with van der Waals surface area (Å²) >= 11 is 5.70. The molecule has 0 spiro atoms. The van der Waals surface area contributed by atoms with Crippen molar-refractivity contribution >= 4 is 31.3 Å². The third-order valence-corrected chi connectivity index (χ3v) is 15.2. The van der Waals surface area contributed by atoms with Crippen molar-refractivity contribution in [2.45, 2.75) is 122 Å². The highest BCUT2D eigenvalue weighted by molar-refractivity contribution is 6.73. The highest BCUT2D eigenvalue weighted by Crippen LogP contribution is 2.50. The van der Waals surface area contributed by atoms with Gasteiger partial charge in [0.15, 0.2) is 14.9 Å². The van der Waals surface area contributed by atoms with Gasteiger partial charge in [0.1, 0.15) is 18.5 Å². The summed E-state index contributed by atoms with van der Waals surface area (Å²) in [4.78, 5) is 24.3. The number of esters is 1. The number of carbonyl (C=O) groups is 2. The van der Waals surface area contributed by atoms with E-state index in [0.717, 1.165) is 87.2 Å². The van der Waals surface area contributed by atoms with E-state index in [1.807, 2.05) is 42.5 Å². The maximum atomic E-state index is 12.5. The molecule has 0 radical (unpaired) electrons. The fourth-order valence-corrected chi connectivity index (χ4v) is 10.7. The maximum absolute atomic E-state index is 12.5. The minimum absolute atomic E-state index is 0.109. The lowest BCUT2D eigenvalue weighted by molar-refractivity contribution is -0.147. The second-order valence-electron chi connectivity index (χ2n) is 13.0. The van der Waals surface area contributed by atoms with Gasteiger partial charge in [0.2, 0.25) is 0 Å². The van der Waals surface area contributed by atoms with Gasteiger partial charge >= 0.3 is 11.4 Å². The zero-order chi connectivity index (χ0) is 32.2. The minimum atomic E-state index is -1.83. The zero-order valence-corrected chi connectivity index (χ0v) is 29.5. The van der Waals surface area contributed by atoms with E-state index in [2.05, 4.69) is 33.8 Å². The van der Waals surface area contributed by atoms with Crippen LogP contribution >= 0.6 is 11.6 Å². The molecule has 2 aromatic carbocycles. The van der Waals surface area contributed by atoms with Crippen LogP contribution in [0.25, 0.3) is 0 Å². The molecule has 0 unspecified atom stereocenters. The van der Waals surface area contributed by atoms with E-state index in [9.17, 15) is 9.59 Å². The Kier molecular flexibility index (Phi) is 13.8. The Hall–Kier alpha value is -2.35. The van der Waals surface area contributed by atoms with E-state index < -0.39 is 13.7 Å². The van der Waals surface area contributed by atoms with Crippen LogP contribution in [0.2, 0.25) is 18.1 Å². The summed E-state index contributed by atoms with van der Waals surface area (Å²) in [5.41, 5.74) is 2.77. The van der Waals surface area contributed by atoms with Crippen LogP contribution < -0.4 is 4.74 Å². The predicted octanol–water partition coefficient (Wildman–Crippen LogP) is 9.65. The molecule has 5 atom stereocenters. The molecule has 1 saturated carbocycles. The average Bonchev–Trinajstić information content (AvgIpc) is 3.38. The second-order valence-corrected chi connectivity index (χ2v) is 18.0. The molecule has 248 valence electrons. The molecule has 0 bridgehead atoms. The third-order valence-electron chi connectivity index (χ3n) is 10.5. The van der Waals surface area contributed by atoms with Crippen LogP contribution in [0.15, 0.2) is 48.5 Å². The summed E-state index contributed by atoms with van der Waals surface area (Å²) in [5, 5.41) is 0. The van der Waals surface area contributed by atoms with Gasteiger partial charge < -0.3 is 18.6 Å². The molecule has 45 heavy (non-hydrogen) atoms. The van der Waals surface area contributed by atoms with E-state index in [0.29, 0.717) is 17.8 Å². The van der Waals surface area contributed by atoms with Crippen molar-refractivity contribution < 1.29 is 28.2 Å². The van der Waals surface area contributed by atoms with Crippen molar-refractivity contribution in [3.63, 3.8) is 0 Å². The zero-order valence-electron chi connectivity index (χ0n) is 27.7. The van der Waals surface area contributed by atoms with Crippen molar-refractivity contribution in [3.05, 3.63) is 65.2 Å². The van der Waals surface area contributed by atoms with Crippen LogP contribution in [0.3, 0.4) is 0 Å². The molecule has 4 rings (SSSR count). The predicted molar refractivity (Wildman–Crippen MR) is 182 cm³/mol. The number of ether oxygens (including phenoxy) is 3. The van der Waals surface area contributed by atoms with E-state index in [1.165, 1.54) is 11.1 Å². The average molecular weight is 657 g/mol. The molecule has 0 heterocycles. The standard InChI is InChI=1S/C37H53ClO6Si/c1-5-9-11-18-30(43-37(38)40)20-21-31-32-22-28-17-14-19-34(41-26-36(39)42-25-27-15-12-10-13-16-27)33(28)23-29(32)24-35(31)44-45(6-2,7-3)8-4/h10,12-17,19,29-32,35H,5-9,11,18,20-26H2,1-4H3/t29-,30-,31+,32-,35+/m0/s1. The van der Waals surface area contributed by atoms with E-state index in [1.54, 1.807) is 0 Å². The van der Waals surface area contributed by atoms with Crippen LogP contribution in [0, 0.1) is 17.8 Å². The SMILES string of the molecule is CCCCC[C@@H](CC[C@@H]1[C@H]2Cc3cccc(OCC(=O)OCc4ccccc4)c3C[C@H]2C[C@H]1O[Si](CC)(CC)CC)OC(=O)Cl. The number of unbranched alkanes of at least 4 members (excludes halogenated alkanes) is 2. The number of halogens is 1. The molecule has 0 N–H and O–H groups in total. The van der Waals surface area contributed by atoms with Crippen molar-refractivity contribution in [2.75, 3.05) is 6.61 Å². The minimum Gasteiger partial charge on any atom is -0.482 e. The van der Waals surface area contributed by atoms with Crippen LogP contribution in [0.5, 0.6) is 5.75 Å². The Morgan fingerprint density at radius 2 is 1.69 bits per heavy atom. The van der Waals surface area contributed by atoms with Gasteiger partial charge in [0.25, 0.3) is 0 Å². The molecular weight excluding hydrogens is 604 g/mol. The fraction of sp³-hybridized carbons (Fsp3) is 0.622. The lowest BCUT2D eigenvalue weighted by Crippen LogP contribution is -2.42. The molecule has 0 aromatic heterocycles. The van der Waals surface area contributed by atoms with Gasteiger partial charge in [-0.25, -0.2) is 9.59 Å². The Morgan fingerprint density at radius 3 is 2.38 bits per heavy atom. The van der Waals surface area contributed by atoms with E-state index >= 15 is 0 Å². The number of rotatable bonds is 18. The third kappa shape index (κ3) is 9.82. The summed E-state index contributed by atoms with van der Waals surface area (Å²) in [6.45, 7) is 9.20. The first-order valence-corrected chi connectivity index (χ1v) is 20.2. The number of carbonyl (C=O) groups excluding carboxylic acids is 2. The van der Waals surface area contributed by atoms with Crippen molar-refractivity contribution in [1.29, 1.82) is 0 Å². The topological polar surface area (TPSA) is 71.1 Å². The smallest absolute Gasteiger partial charge is 0.404 e. The number of benzene rings is 2. The van der Waals surface area contributed by atoms with Gasteiger partial charge in [-0.05, 0) is 104 Å². The molecule has 2 aliphatic rings. The molecular formula is C37H53ClO6Si. The molecule has 0 amide bonds. The second kappa shape index (κ2) is 17.5. The Morgan fingerprint density at radius 1 is 0.933 bits per heavy atom. The molecule has 1 fully saturated rings. The van der Waals surface area contributed by atoms with Crippen LogP contribution in [-0.4, -0.2) is 38.5 Å². The fourth-order valence-electron chi connectivity index (χ4n) is 7.68. The number of hydrogen-bond acceptors (Lipinski definition) is 6. The molecule has 2 aromatic rings. The van der Waals surface area contributed by atoms with E-state index in [4.69, 9.17) is 30.2 Å². The first-order chi connectivity index (χ1) is 21.8. The van der Waals surface area contributed by atoms with Crippen molar-refractivity contribution in [3.8, 4) is 5.75 Å². The Labute approximate surface area is 276 Å². The maximum Gasteiger partial charge on any atom is 0.404 e. The lowest BCUT2D eigenvalue weighted by atomic mass is 9.73. The Bertz CT molecular complexity index is 1210. The summed E-state index contributed by atoms with van der Waals surface area (Å²) in [7, 11) is -1.83. The molecule has 2 aliphatic carbocycles. The summed E-state index contributed by atoms with van der Waals surface area (Å²) < 4.78 is 24.4. The van der Waals surface area contributed by atoms with Crippen LogP contribution in [-0.2, 0) is 38.1 Å². The van der Waals surface area contributed by atoms with Gasteiger partial charge in [-0.2, -0.15) is 0 Å². The van der Waals surface area contributed by atoms with Gasteiger partial charge in [-0.3, -0.25) is 0 Å². The van der Waals surface area contributed by atoms with Gasteiger partial charge in [-0.1, -0.05) is 83.0 Å². The summed E-state index contributed by atoms with van der Waals surface area (Å²) in [5.74, 6) is 1.79. The highest BCUT2D eigenvalue weighted by atomic mass is 35.5. The van der Waals surface area contributed by atoms with Crippen LogP contribution in [0.1, 0.15) is 89.3 Å². The largest absolute Gasteiger partial charge is 0.482 e.